The van der Waals surface area contributed by atoms with Crippen LogP contribution < -0.4 is 4.72 Å². The van der Waals surface area contributed by atoms with Gasteiger partial charge >= 0.3 is 0 Å². The molecule has 3 aromatic rings. The van der Waals surface area contributed by atoms with Crippen molar-refractivity contribution in [2.45, 2.75) is 13.0 Å². The molecule has 0 aliphatic heterocycles. The fraction of sp³-hybridized carbons (Fsp3) is 0.111. The van der Waals surface area contributed by atoms with Crippen LogP contribution in [0.5, 0.6) is 0 Å². The number of aromatic nitrogens is 3. The lowest BCUT2D eigenvalue weighted by Crippen LogP contribution is -2.24. The van der Waals surface area contributed by atoms with Crippen molar-refractivity contribution in [2.24, 2.45) is 0 Å². The Morgan fingerprint density at radius 3 is 2.44 bits per heavy atom. The van der Waals surface area contributed by atoms with Crippen LogP contribution in [0.15, 0.2) is 72.7 Å². The van der Waals surface area contributed by atoms with Crippen LogP contribution in [-0.2, 0) is 10.0 Å². The number of benzene rings is 2. The molecule has 0 unspecified atom stereocenters. The normalized spacial score (nSPS) is 13.2. The van der Waals surface area contributed by atoms with Crippen LogP contribution in [0.2, 0.25) is 0 Å². The van der Waals surface area contributed by atoms with E-state index in [0.717, 1.165) is 16.8 Å². The van der Waals surface area contributed by atoms with Gasteiger partial charge in [-0.05, 0) is 36.3 Å². The molecule has 0 spiro atoms. The van der Waals surface area contributed by atoms with Gasteiger partial charge in [0.15, 0.2) is 0 Å². The van der Waals surface area contributed by atoms with E-state index >= 15 is 0 Å². The van der Waals surface area contributed by atoms with Crippen LogP contribution in [0, 0.1) is 0 Å². The van der Waals surface area contributed by atoms with E-state index < -0.39 is 10.0 Å². The van der Waals surface area contributed by atoms with Crippen LogP contribution >= 0.6 is 0 Å². The van der Waals surface area contributed by atoms with E-state index in [-0.39, 0.29) is 6.04 Å². The molecule has 3 rings (SSSR count). The van der Waals surface area contributed by atoms with Gasteiger partial charge in [-0.25, -0.2) is 22.8 Å². The fourth-order valence-electron chi connectivity index (χ4n) is 2.34. The topological polar surface area (TPSA) is 76.9 Å². The molecule has 0 amide bonds. The molecule has 0 saturated heterocycles. The molecule has 7 heteroatoms. The number of nitrogens with one attached hydrogen (secondary N) is 1. The van der Waals surface area contributed by atoms with E-state index in [2.05, 4.69) is 14.8 Å². The summed E-state index contributed by atoms with van der Waals surface area (Å²) in [6.07, 6.45) is 4.64. The van der Waals surface area contributed by atoms with Crippen molar-refractivity contribution in [3.05, 3.63) is 83.8 Å². The zero-order valence-electron chi connectivity index (χ0n) is 13.6. The summed E-state index contributed by atoms with van der Waals surface area (Å²) in [6.45, 7) is 1.80. The maximum atomic E-state index is 12.2. The molecule has 1 N–H and O–H groups in total. The van der Waals surface area contributed by atoms with E-state index in [0.29, 0.717) is 0 Å². The maximum absolute atomic E-state index is 12.2. The zero-order valence-corrected chi connectivity index (χ0v) is 14.5. The van der Waals surface area contributed by atoms with Gasteiger partial charge in [-0.1, -0.05) is 42.5 Å². The summed E-state index contributed by atoms with van der Waals surface area (Å²) in [4.78, 5) is 3.90. The Bertz CT molecular complexity index is 935. The van der Waals surface area contributed by atoms with E-state index in [1.54, 1.807) is 24.0 Å². The molecule has 0 bridgehead atoms. The lowest BCUT2D eigenvalue weighted by atomic mass is 10.1. The summed E-state index contributed by atoms with van der Waals surface area (Å²) < 4.78 is 28.7. The fourth-order valence-corrected chi connectivity index (χ4v) is 3.39. The summed E-state index contributed by atoms with van der Waals surface area (Å²) in [7, 11) is -3.54. The quantitative estimate of drug-likeness (QED) is 0.738. The van der Waals surface area contributed by atoms with E-state index in [1.807, 2.05) is 54.6 Å². The van der Waals surface area contributed by atoms with E-state index in [4.69, 9.17) is 0 Å². The Morgan fingerprint density at radius 2 is 1.80 bits per heavy atom. The molecular weight excluding hydrogens is 336 g/mol. The van der Waals surface area contributed by atoms with Gasteiger partial charge < -0.3 is 0 Å². The van der Waals surface area contributed by atoms with Crippen LogP contribution in [0.3, 0.4) is 0 Å². The molecule has 0 fully saturated rings. The number of hydrogen-bond donors (Lipinski definition) is 1. The van der Waals surface area contributed by atoms with Gasteiger partial charge in [0.25, 0.3) is 0 Å². The van der Waals surface area contributed by atoms with Gasteiger partial charge in [-0.2, -0.15) is 5.10 Å². The van der Waals surface area contributed by atoms with Crippen LogP contribution in [0.4, 0.5) is 0 Å². The van der Waals surface area contributed by atoms with Crippen LogP contribution in [0.25, 0.3) is 11.8 Å². The van der Waals surface area contributed by atoms with Crippen molar-refractivity contribution in [1.82, 2.24) is 19.5 Å². The summed E-state index contributed by atoms with van der Waals surface area (Å²) in [6, 6.07) is 16.4. The average Bonchev–Trinajstić information content (AvgIpc) is 3.15. The predicted molar refractivity (Wildman–Crippen MR) is 97.3 cm³/mol. The van der Waals surface area contributed by atoms with Gasteiger partial charge in [0.1, 0.15) is 12.7 Å². The first-order chi connectivity index (χ1) is 12.0. The summed E-state index contributed by atoms with van der Waals surface area (Å²) in [5.41, 5.74) is 2.55. The summed E-state index contributed by atoms with van der Waals surface area (Å²) in [5, 5.41) is 5.24. The third-order valence-electron chi connectivity index (χ3n) is 3.66. The molecule has 0 aliphatic rings. The molecule has 6 nitrogen and oxygen atoms in total. The first-order valence-electron chi connectivity index (χ1n) is 7.74. The second kappa shape index (κ2) is 7.42. The van der Waals surface area contributed by atoms with Crippen molar-refractivity contribution in [3.63, 3.8) is 0 Å². The number of nitrogens with zero attached hydrogens (tertiary/aromatic N) is 3. The minimum atomic E-state index is -3.54. The Labute approximate surface area is 146 Å². The third-order valence-corrected chi connectivity index (χ3v) is 4.83. The molecule has 25 heavy (non-hydrogen) atoms. The lowest BCUT2D eigenvalue weighted by molar-refractivity contribution is 0.576. The van der Waals surface area contributed by atoms with Gasteiger partial charge in [0.2, 0.25) is 10.0 Å². The van der Waals surface area contributed by atoms with Crippen molar-refractivity contribution < 1.29 is 8.42 Å². The SMILES string of the molecule is C[C@H](NS(=O)(=O)/C=C/c1ccccc1)c1ccc(-n2cncn2)cc1. The minimum absolute atomic E-state index is 0.352. The van der Waals surface area contributed by atoms with Gasteiger partial charge in [-0.3, -0.25) is 0 Å². The largest absolute Gasteiger partial charge is 0.234 e. The molecule has 0 saturated carbocycles. The maximum Gasteiger partial charge on any atom is 0.234 e. The smallest absolute Gasteiger partial charge is 0.223 e. The molecule has 0 radical (unpaired) electrons. The summed E-state index contributed by atoms with van der Waals surface area (Å²) in [5.74, 6) is 0. The second-order valence-corrected chi connectivity index (χ2v) is 7.13. The monoisotopic (exact) mass is 354 g/mol. The van der Waals surface area contributed by atoms with E-state index in [1.165, 1.54) is 11.7 Å². The number of rotatable bonds is 6. The first kappa shape index (κ1) is 17.1. The molecule has 2 aromatic carbocycles. The van der Waals surface area contributed by atoms with Gasteiger partial charge in [-0.15, -0.1) is 0 Å². The van der Waals surface area contributed by atoms with Crippen LogP contribution in [0.1, 0.15) is 24.1 Å². The average molecular weight is 354 g/mol. The highest BCUT2D eigenvalue weighted by Crippen LogP contribution is 2.16. The number of sulfonamides is 1. The van der Waals surface area contributed by atoms with Crippen molar-refractivity contribution in [2.75, 3.05) is 0 Å². The number of hydrogen-bond acceptors (Lipinski definition) is 4. The minimum Gasteiger partial charge on any atom is -0.223 e. The van der Waals surface area contributed by atoms with Crippen molar-refractivity contribution >= 4 is 16.1 Å². The molecule has 1 heterocycles. The molecule has 0 aliphatic carbocycles. The zero-order chi connectivity index (χ0) is 17.7. The van der Waals surface area contributed by atoms with Crippen molar-refractivity contribution in [1.29, 1.82) is 0 Å². The third kappa shape index (κ3) is 4.62. The highest BCUT2D eigenvalue weighted by molar-refractivity contribution is 7.92. The Kier molecular flexibility index (Phi) is 5.06. The highest BCUT2D eigenvalue weighted by atomic mass is 32.2. The molecular formula is C18H18N4O2S. The Morgan fingerprint density at radius 1 is 1.08 bits per heavy atom. The predicted octanol–water partition coefficient (Wildman–Crippen LogP) is 2.92. The van der Waals surface area contributed by atoms with E-state index in [9.17, 15) is 8.42 Å². The Balaban J connectivity index is 1.68. The highest BCUT2D eigenvalue weighted by Gasteiger charge is 2.13. The standard InChI is InChI=1S/C18H18N4O2S/c1-15(17-7-9-18(10-8-17)22-14-19-13-20-22)21-25(23,24)12-11-16-5-3-2-4-6-16/h2-15,21H,1H3/b12-11+/t15-/m0/s1. The first-order valence-corrected chi connectivity index (χ1v) is 9.28. The Hall–Kier alpha value is -2.77. The molecule has 1 aromatic heterocycles. The van der Waals surface area contributed by atoms with Crippen LogP contribution in [-0.4, -0.2) is 23.2 Å². The molecule has 128 valence electrons. The van der Waals surface area contributed by atoms with Crippen molar-refractivity contribution in [3.8, 4) is 5.69 Å². The lowest BCUT2D eigenvalue weighted by Gasteiger charge is -2.13. The second-order valence-electron chi connectivity index (χ2n) is 5.53. The summed E-state index contributed by atoms with van der Waals surface area (Å²) >= 11 is 0. The van der Waals surface area contributed by atoms with Gasteiger partial charge in [0, 0.05) is 11.4 Å². The van der Waals surface area contributed by atoms with Gasteiger partial charge in [0.05, 0.1) is 5.69 Å². The molecule has 1 atom stereocenters.